The molecule has 1 aromatic carbocycles. The summed E-state index contributed by atoms with van der Waals surface area (Å²) in [5.74, 6) is 1.06. The van der Waals surface area contributed by atoms with Crippen molar-refractivity contribution in [2.24, 2.45) is 0 Å². The van der Waals surface area contributed by atoms with Crippen LogP contribution >= 0.6 is 0 Å². The van der Waals surface area contributed by atoms with E-state index in [-0.39, 0.29) is 0 Å². The molecule has 1 aliphatic rings. The van der Waals surface area contributed by atoms with Gasteiger partial charge in [0.25, 0.3) is 0 Å². The lowest BCUT2D eigenvalue weighted by Crippen LogP contribution is -2.22. The molecule has 1 aromatic heterocycles. The van der Waals surface area contributed by atoms with Crippen LogP contribution in [0.4, 0.5) is 5.82 Å². The van der Waals surface area contributed by atoms with Crippen molar-refractivity contribution < 1.29 is 0 Å². The third-order valence-electron chi connectivity index (χ3n) is 3.69. The van der Waals surface area contributed by atoms with Crippen molar-refractivity contribution >= 4 is 5.82 Å². The molecule has 3 heteroatoms. The van der Waals surface area contributed by atoms with E-state index in [0.717, 1.165) is 25.5 Å². The van der Waals surface area contributed by atoms with Crippen LogP contribution in [-0.2, 0) is 19.6 Å². The summed E-state index contributed by atoms with van der Waals surface area (Å²) in [5, 5.41) is 3.41. The van der Waals surface area contributed by atoms with Gasteiger partial charge in [0.05, 0.1) is 0 Å². The van der Waals surface area contributed by atoms with Crippen molar-refractivity contribution in [2.45, 2.75) is 39.5 Å². The van der Waals surface area contributed by atoms with Crippen LogP contribution in [0.1, 0.15) is 30.5 Å². The number of nitrogens with zero attached hydrogens (tertiary/aromatic N) is 2. The average molecular weight is 267 g/mol. The van der Waals surface area contributed by atoms with E-state index >= 15 is 0 Å². The predicted octanol–water partition coefficient (Wildman–Crippen LogP) is 3.10. The first-order chi connectivity index (χ1) is 9.72. The number of hydrogen-bond donors (Lipinski definition) is 1. The quantitative estimate of drug-likeness (QED) is 0.922. The van der Waals surface area contributed by atoms with E-state index in [1.54, 1.807) is 0 Å². The summed E-state index contributed by atoms with van der Waals surface area (Å²) in [7, 11) is 0. The first-order valence-corrected chi connectivity index (χ1v) is 7.22. The van der Waals surface area contributed by atoms with Gasteiger partial charge in [0, 0.05) is 31.9 Å². The molecule has 1 N–H and O–H groups in total. The fourth-order valence-electron chi connectivity index (χ4n) is 2.53. The zero-order chi connectivity index (χ0) is 13.9. The highest BCUT2D eigenvalue weighted by molar-refractivity contribution is 5.47. The molecule has 0 radical (unpaired) electrons. The van der Waals surface area contributed by atoms with Gasteiger partial charge in [0.2, 0.25) is 0 Å². The van der Waals surface area contributed by atoms with Crippen LogP contribution in [0.15, 0.2) is 42.6 Å². The Morgan fingerprint density at radius 3 is 2.35 bits per heavy atom. The molecule has 3 rings (SSSR count). The number of rotatable bonds is 4. The summed E-state index contributed by atoms with van der Waals surface area (Å²) in [6, 6.07) is 13.4. The number of fused-ring (bicyclic) bond motifs is 1. The summed E-state index contributed by atoms with van der Waals surface area (Å²) in [5.41, 5.74) is 4.07. The summed E-state index contributed by atoms with van der Waals surface area (Å²) in [6.07, 6.45) is 1.98. The summed E-state index contributed by atoms with van der Waals surface area (Å²) >= 11 is 0. The highest BCUT2D eigenvalue weighted by Gasteiger charge is 2.19. The molecule has 0 unspecified atom stereocenters. The lowest BCUT2D eigenvalue weighted by Gasteiger charge is -2.17. The van der Waals surface area contributed by atoms with Crippen LogP contribution in [0.25, 0.3) is 0 Å². The number of hydrogen-bond acceptors (Lipinski definition) is 3. The van der Waals surface area contributed by atoms with E-state index in [4.69, 9.17) is 0 Å². The molecule has 0 aliphatic carbocycles. The number of anilines is 1. The second kappa shape index (κ2) is 5.63. The van der Waals surface area contributed by atoms with Gasteiger partial charge >= 0.3 is 0 Å². The molecule has 2 aromatic rings. The van der Waals surface area contributed by atoms with E-state index in [0.29, 0.717) is 6.04 Å². The van der Waals surface area contributed by atoms with Crippen molar-refractivity contribution in [1.29, 1.82) is 0 Å². The van der Waals surface area contributed by atoms with E-state index in [1.807, 2.05) is 6.20 Å². The molecule has 0 saturated heterocycles. The second-order valence-electron chi connectivity index (χ2n) is 5.69. The molecule has 2 heterocycles. The largest absolute Gasteiger partial charge is 0.348 e. The normalized spacial score (nSPS) is 13.8. The lowest BCUT2D eigenvalue weighted by atomic mass is 10.1. The number of pyridine rings is 1. The minimum atomic E-state index is 0.503. The Hall–Kier alpha value is -1.87. The maximum Gasteiger partial charge on any atom is 0.129 e. The van der Waals surface area contributed by atoms with Crippen LogP contribution < -0.4 is 10.2 Å². The zero-order valence-electron chi connectivity index (χ0n) is 12.1. The maximum absolute atomic E-state index is 4.61. The minimum absolute atomic E-state index is 0.503. The van der Waals surface area contributed by atoms with Crippen LogP contribution in [0.3, 0.4) is 0 Å². The monoisotopic (exact) mass is 267 g/mol. The fourth-order valence-corrected chi connectivity index (χ4v) is 2.53. The molecule has 20 heavy (non-hydrogen) atoms. The predicted molar refractivity (Wildman–Crippen MR) is 82.5 cm³/mol. The van der Waals surface area contributed by atoms with Gasteiger partial charge < -0.3 is 10.2 Å². The molecule has 0 spiro atoms. The van der Waals surface area contributed by atoms with Gasteiger partial charge in [-0.15, -0.1) is 0 Å². The molecule has 3 nitrogen and oxygen atoms in total. The van der Waals surface area contributed by atoms with Gasteiger partial charge in [0.1, 0.15) is 5.82 Å². The molecule has 0 atom stereocenters. The Balaban J connectivity index is 1.67. The molecule has 0 fully saturated rings. The third kappa shape index (κ3) is 2.83. The van der Waals surface area contributed by atoms with Crippen molar-refractivity contribution in [3.8, 4) is 0 Å². The molecule has 0 saturated carbocycles. The first kappa shape index (κ1) is 13.1. The van der Waals surface area contributed by atoms with Gasteiger partial charge in [0.15, 0.2) is 0 Å². The van der Waals surface area contributed by atoms with Crippen LogP contribution in [0.2, 0.25) is 0 Å². The minimum Gasteiger partial charge on any atom is -0.348 e. The van der Waals surface area contributed by atoms with E-state index in [9.17, 15) is 0 Å². The van der Waals surface area contributed by atoms with Gasteiger partial charge in [-0.1, -0.05) is 44.2 Å². The lowest BCUT2D eigenvalue weighted by molar-refractivity contribution is 0.588. The van der Waals surface area contributed by atoms with Crippen molar-refractivity contribution in [2.75, 3.05) is 4.90 Å². The van der Waals surface area contributed by atoms with Gasteiger partial charge in [-0.25, -0.2) is 4.98 Å². The Kier molecular flexibility index (Phi) is 3.70. The Morgan fingerprint density at radius 2 is 1.80 bits per heavy atom. The number of aromatic nitrogens is 1. The topological polar surface area (TPSA) is 28.2 Å². The third-order valence-corrected chi connectivity index (χ3v) is 3.69. The van der Waals surface area contributed by atoms with Crippen molar-refractivity contribution in [1.82, 2.24) is 10.3 Å². The van der Waals surface area contributed by atoms with Gasteiger partial charge in [-0.2, -0.15) is 0 Å². The Labute approximate surface area is 120 Å². The standard InChI is InChI=1S/C17H21N3/c1-13(2)18-9-14-7-8-17(19-10-14)20-11-15-5-3-4-6-16(15)12-20/h3-8,10,13,18H,9,11-12H2,1-2H3. The molecular formula is C17H21N3. The summed E-state index contributed by atoms with van der Waals surface area (Å²) in [6.45, 7) is 7.12. The fraction of sp³-hybridized carbons (Fsp3) is 0.353. The maximum atomic E-state index is 4.61. The summed E-state index contributed by atoms with van der Waals surface area (Å²) < 4.78 is 0. The molecule has 1 aliphatic heterocycles. The summed E-state index contributed by atoms with van der Waals surface area (Å²) in [4.78, 5) is 6.93. The zero-order valence-corrected chi connectivity index (χ0v) is 12.1. The molecule has 0 bridgehead atoms. The van der Waals surface area contributed by atoms with Crippen LogP contribution in [0.5, 0.6) is 0 Å². The van der Waals surface area contributed by atoms with Crippen LogP contribution in [0, 0.1) is 0 Å². The van der Waals surface area contributed by atoms with Crippen LogP contribution in [-0.4, -0.2) is 11.0 Å². The van der Waals surface area contributed by atoms with E-state index in [2.05, 4.69) is 65.4 Å². The van der Waals surface area contributed by atoms with E-state index in [1.165, 1.54) is 16.7 Å². The highest BCUT2D eigenvalue weighted by Crippen LogP contribution is 2.26. The molecule has 0 amide bonds. The number of benzene rings is 1. The molecular weight excluding hydrogens is 246 g/mol. The van der Waals surface area contributed by atoms with Gasteiger partial charge in [-0.3, -0.25) is 0 Å². The van der Waals surface area contributed by atoms with Crippen molar-refractivity contribution in [3.63, 3.8) is 0 Å². The Bertz CT molecular complexity index is 550. The number of nitrogens with one attached hydrogen (secondary N) is 1. The van der Waals surface area contributed by atoms with Crippen molar-refractivity contribution in [3.05, 3.63) is 59.3 Å². The highest BCUT2D eigenvalue weighted by atomic mass is 15.2. The second-order valence-corrected chi connectivity index (χ2v) is 5.69. The van der Waals surface area contributed by atoms with E-state index < -0.39 is 0 Å². The Morgan fingerprint density at radius 1 is 1.10 bits per heavy atom. The smallest absolute Gasteiger partial charge is 0.129 e. The molecule has 104 valence electrons. The first-order valence-electron chi connectivity index (χ1n) is 7.22. The average Bonchev–Trinajstić information content (AvgIpc) is 2.89. The SMILES string of the molecule is CC(C)NCc1ccc(N2Cc3ccccc3C2)nc1. The van der Waals surface area contributed by atoms with Gasteiger partial charge in [-0.05, 0) is 22.8 Å².